The summed E-state index contributed by atoms with van der Waals surface area (Å²) in [5, 5.41) is 14.9. The van der Waals surface area contributed by atoms with Gasteiger partial charge in [-0.15, -0.1) is 11.3 Å². The zero-order valence-corrected chi connectivity index (χ0v) is 12.2. The number of amides is 1. The van der Waals surface area contributed by atoms with E-state index in [0.717, 1.165) is 25.9 Å². The molecule has 106 valence electrons. The monoisotopic (exact) mass is 283 g/mol. The van der Waals surface area contributed by atoms with Crippen molar-refractivity contribution >= 4 is 22.4 Å². The number of nitrogens with zero attached hydrogens (tertiary/aromatic N) is 2. The molecule has 2 unspecified atom stereocenters. The summed E-state index contributed by atoms with van der Waals surface area (Å²) in [6.07, 6.45) is 3.33. The summed E-state index contributed by atoms with van der Waals surface area (Å²) in [4.78, 5) is 18.3. The van der Waals surface area contributed by atoms with Crippen LogP contribution in [0.5, 0.6) is 0 Å². The molecular weight excluding hydrogens is 262 g/mol. The fourth-order valence-corrected chi connectivity index (χ4v) is 2.98. The van der Waals surface area contributed by atoms with E-state index >= 15 is 0 Å². The van der Waals surface area contributed by atoms with Gasteiger partial charge in [0, 0.05) is 11.6 Å². The standard InChI is InChI=1S/C13H21N3O2S/c1-9(12(18)15-13-14-5-8-19-13)16-6-3-11(4-7-16)10(2)17/h5,8-11,17H,3-4,6-7H2,1-2H3,(H,14,15,18). The van der Waals surface area contributed by atoms with Crippen molar-refractivity contribution in [3.05, 3.63) is 11.6 Å². The molecule has 0 spiro atoms. The van der Waals surface area contributed by atoms with Crippen LogP contribution in [0.1, 0.15) is 26.7 Å². The Bertz CT molecular complexity index is 400. The molecule has 2 atom stereocenters. The minimum atomic E-state index is -0.249. The lowest BCUT2D eigenvalue weighted by atomic mass is 9.91. The Kier molecular flexibility index (Phi) is 4.90. The van der Waals surface area contributed by atoms with Crippen molar-refractivity contribution in [1.82, 2.24) is 9.88 Å². The van der Waals surface area contributed by atoms with Crippen LogP contribution < -0.4 is 5.32 Å². The Morgan fingerprint density at radius 2 is 2.21 bits per heavy atom. The number of thiazole rings is 1. The van der Waals surface area contributed by atoms with Crippen LogP contribution in [0.3, 0.4) is 0 Å². The second-order valence-corrected chi connectivity index (χ2v) is 6.01. The van der Waals surface area contributed by atoms with Crippen molar-refractivity contribution in [3.8, 4) is 0 Å². The summed E-state index contributed by atoms with van der Waals surface area (Å²) < 4.78 is 0. The molecule has 1 aromatic rings. The first-order valence-electron chi connectivity index (χ1n) is 6.70. The van der Waals surface area contributed by atoms with E-state index in [4.69, 9.17) is 0 Å². The van der Waals surface area contributed by atoms with Gasteiger partial charge in [-0.05, 0) is 45.7 Å². The number of rotatable bonds is 4. The van der Waals surface area contributed by atoms with E-state index in [1.165, 1.54) is 11.3 Å². The SMILES string of the molecule is CC(O)C1CCN(C(C)C(=O)Nc2nccs2)CC1. The van der Waals surface area contributed by atoms with Gasteiger partial charge in [-0.25, -0.2) is 4.98 Å². The maximum atomic E-state index is 12.1. The number of likely N-dealkylation sites (tertiary alicyclic amines) is 1. The largest absolute Gasteiger partial charge is 0.393 e. The summed E-state index contributed by atoms with van der Waals surface area (Å²) in [5.41, 5.74) is 0. The van der Waals surface area contributed by atoms with Gasteiger partial charge in [0.1, 0.15) is 0 Å². The van der Waals surface area contributed by atoms with Crippen molar-refractivity contribution in [1.29, 1.82) is 0 Å². The van der Waals surface area contributed by atoms with E-state index in [1.54, 1.807) is 6.20 Å². The first-order chi connectivity index (χ1) is 9.08. The number of aromatic nitrogens is 1. The maximum absolute atomic E-state index is 12.1. The predicted molar refractivity (Wildman–Crippen MR) is 76.2 cm³/mol. The van der Waals surface area contributed by atoms with Crippen molar-refractivity contribution in [2.45, 2.75) is 38.8 Å². The fraction of sp³-hybridized carbons (Fsp3) is 0.692. The number of aliphatic hydroxyl groups is 1. The summed E-state index contributed by atoms with van der Waals surface area (Å²) in [6.45, 7) is 5.49. The van der Waals surface area contributed by atoms with Gasteiger partial charge in [-0.3, -0.25) is 9.69 Å². The third kappa shape index (κ3) is 3.75. The number of hydrogen-bond acceptors (Lipinski definition) is 5. The molecule has 1 aliphatic rings. The summed E-state index contributed by atoms with van der Waals surface area (Å²) in [7, 11) is 0. The summed E-state index contributed by atoms with van der Waals surface area (Å²) in [6, 6.07) is -0.154. The lowest BCUT2D eigenvalue weighted by molar-refractivity contribution is -0.121. The van der Waals surface area contributed by atoms with Crippen LogP contribution in [0.2, 0.25) is 0 Å². The predicted octanol–water partition coefficient (Wildman–Crippen LogP) is 1.56. The molecule has 2 heterocycles. The summed E-state index contributed by atoms with van der Waals surface area (Å²) in [5.74, 6) is 0.357. The molecule has 0 aromatic carbocycles. The van der Waals surface area contributed by atoms with Crippen LogP contribution in [-0.2, 0) is 4.79 Å². The third-order valence-electron chi connectivity index (χ3n) is 3.85. The van der Waals surface area contributed by atoms with Gasteiger partial charge in [-0.2, -0.15) is 0 Å². The molecule has 0 aliphatic carbocycles. The van der Waals surface area contributed by atoms with Crippen molar-refractivity contribution in [2.24, 2.45) is 5.92 Å². The molecule has 1 fully saturated rings. The molecule has 0 radical (unpaired) electrons. The van der Waals surface area contributed by atoms with Gasteiger partial charge in [0.2, 0.25) is 5.91 Å². The van der Waals surface area contributed by atoms with Gasteiger partial charge in [0.05, 0.1) is 12.1 Å². The molecule has 0 saturated carbocycles. The number of piperidine rings is 1. The summed E-state index contributed by atoms with van der Waals surface area (Å²) >= 11 is 1.42. The van der Waals surface area contributed by atoms with Gasteiger partial charge in [0.25, 0.3) is 0 Å². The maximum Gasteiger partial charge on any atom is 0.243 e. The van der Waals surface area contributed by atoms with E-state index in [1.807, 2.05) is 19.2 Å². The van der Waals surface area contributed by atoms with Crippen LogP contribution in [-0.4, -0.2) is 46.1 Å². The van der Waals surface area contributed by atoms with E-state index in [-0.39, 0.29) is 18.1 Å². The highest BCUT2D eigenvalue weighted by Crippen LogP contribution is 2.22. The molecule has 1 aromatic heterocycles. The Morgan fingerprint density at radius 3 is 2.74 bits per heavy atom. The topological polar surface area (TPSA) is 65.5 Å². The molecule has 1 aliphatic heterocycles. The third-order valence-corrected chi connectivity index (χ3v) is 4.53. The van der Waals surface area contributed by atoms with E-state index in [0.29, 0.717) is 11.0 Å². The first-order valence-corrected chi connectivity index (χ1v) is 7.58. The Balaban J connectivity index is 1.83. The van der Waals surface area contributed by atoms with E-state index < -0.39 is 0 Å². The minimum Gasteiger partial charge on any atom is -0.393 e. The van der Waals surface area contributed by atoms with Crippen molar-refractivity contribution < 1.29 is 9.90 Å². The van der Waals surface area contributed by atoms with Crippen molar-refractivity contribution in [2.75, 3.05) is 18.4 Å². The molecule has 19 heavy (non-hydrogen) atoms. The number of hydrogen-bond donors (Lipinski definition) is 2. The Morgan fingerprint density at radius 1 is 1.53 bits per heavy atom. The zero-order valence-electron chi connectivity index (χ0n) is 11.4. The average Bonchev–Trinajstić information content (AvgIpc) is 2.90. The first kappa shape index (κ1) is 14.4. The number of nitrogens with one attached hydrogen (secondary N) is 1. The highest BCUT2D eigenvalue weighted by molar-refractivity contribution is 7.13. The molecule has 5 nitrogen and oxygen atoms in total. The van der Waals surface area contributed by atoms with Gasteiger partial charge < -0.3 is 10.4 Å². The van der Waals surface area contributed by atoms with Crippen LogP contribution in [0, 0.1) is 5.92 Å². The lowest BCUT2D eigenvalue weighted by Crippen LogP contribution is -2.47. The molecule has 2 N–H and O–H groups in total. The highest BCUT2D eigenvalue weighted by Gasteiger charge is 2.28. The van der Waals surface area contributed by atoms with Gasteiger partial charge in [0.15, 0.2) is 5.13 Å². The number of anilines is 1. The molecule has 0 bridgehead atoms. The van der Waals surface area contributed by atoms with Gasteiger partial charge >= 0.3 is 0 Å². The quantitative estimate of drug-likeness (QED) is 0.880. The number of carbonyl (C=O) groups is 1. The molecular formula is C13H21N3O2S. The van der Waals surface area contributed by atoms with Crippen LogP contribution in [0.15, 0.2) is 11.6 Å². The van der Waals surface area contributed by atoms with Gasteiger partial charge in [-0.1, -0.05) is 0 Å². The zero-order chi connectivity index (χ0) is 13.8. The highest BCUT2D eigenvalue weighted by atomic mass is 32.1. The second kappa shape index (κ2) is 6.45. The number of aliphatic hydroxyl groups excluding tert-OH is 1. The normalized spacial score (nSPS) is 21.0. The van der Waals surface area contributed by atoms with E-state index in [9.17, 15) is 9.90 Å². The molecule has 2 rings (SSSR count). The van der Waals surface area contributed by atoms with Crippen LogP contribution >= 0.6 is 11.3 Å². The molecule has 1 saturated heterocycles. The molecule has 1 amide bonds. The molecule has 6 heteroatoms. The second-order valence-electron chi connectivity index (χ2n) is 5.12. The lowest BCUT2D eigenvalue weighted by Gasteiger charge is -2.36. The Hall–Kier alpha value is -0.980. The average molecular weight is 283 g/mol. The Labute approximate surface area is 117 Å². The van der Waals surface area contributed by atoms with Crippen molar-refractivity contribution in [3.63, 3.8) is 0 Å². The smallest absolute Gasteiger partial charge is 0.243 e. The van der Waals surface area contributed by atoms with Crippen LogP contribution in [0.25, 0.3) is 0 Å². The van der Waals surface area contributed by atoms with Crippen LogP contribution in [0.4, 0.5) is 5.13 Å². The van der Waals surface area contributed by atoms with E-state index in [2.05, 4.69) is 15.2 Å². The number of carbonyl (C=O) groups excluding carboxylic acids is 1. The minimum absolute atomic E-state index is 0.00885. The fourth-order valence-electron chi connectivity index (χ4n) is 2.45.